The van der Waals surface area contributed by atoms with Gasteiger partial charge < -0.3 is 14.6 Å². The van der Waals surface area contributed by atoms with Gasteiger partial charge in [-0.05, 0) is 20.3 Å². The summed E-state index contributed by atoms with van der Waals surface area (Å²) in [5.74, 6) is -37.2. The van der Waals surface area contributed by atoms with Gasteiger partial charge in [0.05, 0.1) is 5.41 Å². The average Bonchev–Trinajstić information content (AvgIpc) is 2.83. The second kappa shape index (κ2) is 7.50. The largest absolute Gasteiger partial charge is 0.449 e. The first kappa shape index (κ1) is 28.5. The number of carbonyl (C=O) groups is 1. The number of carbonyl (C=O) groups excluding carboxylic acids is 1. The van der Waals surface area contributed by atoms with Gasteiger partial charge >= 0.3 is 48.0 Å². The van der Waals surface area contributed by atoms with Crippen molar-refractivity contribution < 1.29 is 76.5 Å². The Morgan fingerprint density at radius 1 is 1.03 bits per heavy atom. The molecule has 0 aromatic rings. The van der Waals surface area contributed by atoms with Crippen molar-refractivity contribution in [3.8, 4) is 0 Å². The number of alkyl halides is 13. The summed E-state index contributed by atoms with van der Waals surface area (Å²) < 4.78 is 183. The van der Waals surface area contributed by atoms with Crippen LogP contribution >= 0.6 is 0 Å². The maximum Gasteiger partial charge on any atom is 0.449 e. The van der Waals surface area contributed by atoms with Crippen LogP contribution in [0.1, 0.15) is 27.2 Å². The summed E-state index contributed by atoms with van der Waals surface area (Å²) in [7, 11) is 0. The molecule has 4 nitrogen and oxygen atoms in total. The summed E-state index contributed by atoms with van der Waals surface area (Å²) in [6.45, 7) is -0.515. The minimum atomic E-state index is -7.53. The Morgan fingerprint density at radius 3 is 1.78 bits per heavy atom. The second-order valence-corrected chi connectivity index (χ2v) is 7.53. The van der Waals surface area contributed by atoms with Crippen molar-refractivity contribution in [3.05, 3.63) is 0 Å². The minimum absolute atomic E-state index is 0.493. The van der Waals surface area contributed by atoms with Gasteiger partial charge in [-0.3, -0.25) is 4.79 Å². The monoisotopic (exact) mass is 506 g/mol. The van der Waals surface area contributed by atoms with Crippen molar-refractivity contribution in [1.82, 2.24) is 0 Å². The number of esters is 1. The molecule has 0 aliphatic carbocycles. The van der Waals surface area contributed by atoms with Gasteiger partial charge in [-0.2, -0.15) is 48.3 Å². The van der Waals surface area contributed by atoms with Crippen molar-refractivity contribution in [2.75, 3.05) is 6.61 Å². The second-order valence-electron chi connectivity index (χ2n) is 7.53. The number of hydrogen-bond acceptors (Lipinski definition) is 4. The van der Waals surface area contributed by atoms with E-state index in [1.807, 2.05) is 0 Å². The fourth-order valence-electron chi connectivity index (χ4n) is 2.41. The highest BCUT2D eigenvalue weighted by molar-refractivity contribution is 5.76. The summed E-state index contributed by atoms with van der Waals surface area (Å²) in [6.07, 6.45) is -12.9. The Balaban J connectivity index is 3.94. The van der Waals surface area contributed by atoms with Gasteiger partial charge in [-0.15, -0.1) is 0 Å². The summed E-state index contributed by atoms with van der Waals surface area (Å²) in [6, 6.07) is 0. The van der Waals surface area contributed by atoms with E-state index >= 15 is 0 Å². The van der Waals surface area contributed by atoms with E-state index in [-0.39, 0.29) is 0 Å². The number of ether oxygens (including phenoxy) is 2. The fraction of sp³-hybridized carbons (Fsp3) is 0.933. The predicted molar refractivity (Wildman–Crippen MR) is 75.6 cm³/mol. The Bertz CT molecular complexity index is 733. The normalized spacial score (nSPS) is 27.7. The van der Waals surface area contributed by atoms with Crippen LogP contribution in [0, 0.1) is 5.41 Å². The number of rotatable bonds is 7. The van der Waals surface area contributed by atoms with Crippen molar-refractivity contribution in [1.29, 1.82) is 0 Å². The number of hydrogen-bond donors (Lipinski definition) is 1. The average molecular weight is 506 g/mol. The molecule has 0 amide bonds. The molecule has 2 atom stereocenters. The van der Waals surface area contributed by atoms with Crippen molar-refractivity contribution in [2.24, 2.45) is 5.41 Å². The van der Waals surface area contributed by atoms with Gasteiger partial charge in [0, 0.05) is 0 Å². The molecule has 32 heavy (non-hydrogen) atoms. The third-order valence-corrected chi connectivity index (χ3v) is 5.10. The molecule has 1 N–H and O–H groups in total. The third kappa shape index (κ3) is 3.40. The van der Waals surface area contributed by atoms with Gasteiger partial charge in [-0.1, -0.05) is 6.92 Å². The quantitative estimate of drug-likeness (QED) is 0.399. The first-order chi connectivity index (χ1) is 13.8. The molecule has 17 heteroatoms. The van der Waals surface area contributed by atoms with Crippen molar-refractivity contribution >= 4 is 5.97 Å². The summed E-state index contributed by atoms with van der Waals surface area (Å²) in [5, 5.41) is 9.20. The van der Waals surface area contributed by atoms with E-state index in [1.54, 1.807) is 0 Å². The van der Waals surface area contributed by atoms with Crippen LogP contribution in [-0.2, 0) is 14.3 Å². The van der Waals surface area contributed by atoms with E-state index in [9.17, 15) is 67.0 Å². The molecule has 0 saturated carbocycles. The molecule has 0 aromatic heterocycles. The highest BCUT2D eigenvalue weighted by Crippen LogP contribution is 2.64. The molecule has 1 aliphatic heterocycles. The van der Waals surface area contributed by atoms with Crippen LogP contribution < -0.4 is 0 Å². The van der Waals surface area contributed by atoms with Gasteiger partial charge in [0.15, 0.2) is 0 Å². The third-order valence-electron chi connectivity index (χ3n) is 5.10. The maximum atomic E-state index is 14.7. The molecular weight excluding hydrogens is 491 g/mol. The van der Waals surface area contributed by atoms with Crippen molar-refractivity contribution in [3.63, 3.8) is 0 Å². The molecule has 190 valence electrons. The van der Waals surface area contributed by atoms with Crippen molar-refractivity contribution in [2.45, 2.75) is 74.9 Å². The lowest BCUT2D eigenvalue weighted by Gasteiger charge is -2.45. The zero-order valence-electron chi connectivity index (χ0n) is 16.1. The highest BCUT2D eigenvalue weighted by Gasteiger charge is 2.95. The Labute approximate surface area is 170 Å². The van der Waals surface area contributed by atoms with E-state index < -0.39 is 72.1 Å². The Morgan fingerprint density at radius 2 is 1.47 bits per heavy atom. The predicted octanol–water partition coefficient (Wildman–Crippen LogP) is 4.79. The molecule has 0 aromatic carbocycles. The lowest BCUT2D eigenvalue weighted by Crippen LogP contribution is -2.76. The van der Waals surface area contributed by atoms with Crippen LogP contribution in [0.15, 0.2) is 0 Å². The standard InChI is InChI=1S/C15H15F13O4/c1-4-8(2,3)7(29)32-9(5-31-14(30,12(9,22)23)15(26,27)28)11(20,21)13(24,25)10(18,19)6(16)17/h6,30H,4-5H2,1-3H3. The molecule has 0 bridgehead atoms. The van der Waals surface area contributed by atoms with Crippen LogP contribution in [0.4, 0.5) is 57.1 Å². The van der Waals surface area contributed by atoms with E-state index in [4.69, 9.17) is 0 Å². The molecule has 1 saturated heterocycles. The van der Waals surface area contributed by atoms with Gasteiger partial charge in [0.2, 0.25) is 0 Å². The minimum Gasteiger partial charge on any atom is -0.443 e. The fourth-order valence-corrected chi connectivity index (χ4v) is 2.41. The summed E-state index contributed by atoms with van der Waals surface area (Å²) >= 11 is 0. The highest BCUT2D eigenvalue weighted by atomic mass is 19.4. The maximum absolute atomic E-state index is 14.7. The van der Waals surface area contributed by atoms with E-state index in [0.29, 0.717) is 0 Å². The van der Waals surface area contributed by atoms with E-state index in [1.165, 1.54) is 0 Å². The SMILES string of the molecule is CCC(C)(C)C(=O)OC1(C(F)(F)C(F)(F)C(F)(F)C(F)F)COC(O)(C(F)(F)F)C1(F)F. The van der Waals surface area contributed by atoms with Crippen LogP contribution in [-0.4, -0.2) is 65.4 Å². The topological polar surface area (TPSA) is 55.8 Å². The lowest BCUT2D eigenvalue weighted by atomic mass is 9.80. The molecular formula is C15H15F13O4. The molecule has 0 radical (unpaired) electrons. The van der Waals surface area contributed by atoms with Crippen LogP contribution in [0.3, 0.4) is 0 Å². The first-order valence-electron chi connectivity index (χ1n) is 8.30. The number of aliphatic hydroxyl groups is 1. The zero-order valence-corrected chi connectivity index (χ0v) is 16.1. The molecule has 1 heterocycles. The summed E-state index contributed by atoms with van der Waals surface area (Å²) in [4.78, 5) is 12.1. The molecule has 1 fully saturated rings. The van der Waals surface area contributed by atoms with Gasteiger partial charge in [0.25, 0.3) is 5.60 Å². The Hall–Kier alpha value is -1.52. The van der Waals surface area contributed by atoms with Crippen LogP contribution in [0.5, 0.6) is 0 Å². The summed E-state index contributed by atoms with van der Waals surface area (Å²) in [5.41, 5.74) is -8.14. The molecule has 1 rings (SSSR count). The van der Waals surface area contributed by atoms with Crippen LogP contribution in [0.2, 0.25) is 0 Å². The molecule has 0 spiro atoms. The Kier molecular flexibility index (Phi) is 6.68. The first-order valence-corrected chi connectivity index (χ1v) is 8.30. The zero-order chi connectivity index (χ0) is 26.0. The van der Waals surface area contributed by atoms with E-state index in [0.717, 1.165) is 20.8 Å². The van der Waals surface area contributed by atoms with E-state index in [2.05, 4.69) is 9.47 Å². The van der Waals surface area contributed by atoms with Crippen LogP contribution in [0.25, 0.3) is 0 Å². The van der Waals surface area contributed by atoms with Gasteiger partial charge in [0.1, 0.15) is 6.61 Å². The smallest absolute Gasteiger partial charge is 0.443 e. The molecule has 2 unspecified atom stereocenters. The lowest BCUT2D eigenvalue weighted by molar-refractivity contribution is -0.433. The molecule has 1 aliphatic rings. The number of halogens is 13. The van der Waals surface area contributed by atoms with Gasteiger partial charge in [-0.25, -0.2) is 8.78 Å².